The molecule has 0 radical (unpaired) electrons. The van der Waals surface area contributed by atoms with Gasteiger partial charge in [-0.1, -0.05) is 109 Å². The molecule has 64 heavy (non-hydrogen) atoms. The molecule has 2 aromatic heterocycles. The van der Waals surface area contributed by atoms with Gasteiger partial charge in [0, 0.05) is 13.1 Å². The lowest BCUT2D eigenvalue weighted by Gasteiger charge is -2.28. The summed E-state index contributed by atoms with van der Waals surface area (Å²) in [6.45, 7) is 1.23. The first kappa shape index (κ1) is 40.8. The fourth-order valence-corrected chi connectivity index (χ4v) is 9.68. The lowest BCUT2D eigenvalue weighted by molar-refractivity contribution is -0.135. The predicted octanol–water partition coefficient (Wildman–Crippen LogP) is 8.44. The molecule has 14 nitrogen and oxygen atoms in total. The van der Waals surface area contributed by atoms with E-state index < -0.39 is 24.3 Å². The van der Waals surface area contributed by atoms with Gasteiger partial charge in [-0.25, -0.2) is 19.6 Å². The van der Waals surface area contributed by atoms with E-state index >= 15 is 0 Å². The van der Waals surface area contributed by atoms with Crippen LogP contribution in [0.15, 0.2) is 122 Å². The monoisotopic (exact) mass is 858 g/mol. The molecule has 4 N–H and O–H groups in total. The van der Waals surface area contributed by atoms with Crippen LogP contribution >= 0.6 is 0 Å². The Morgan fingerprint density at radius 3 is 1.27 bits per heavy atom. The third-order valence-corrected chi connectivity index (χ3v) is 13.7. The van der Waals surface area contributed by atoms with Gasteiger partial charge in [-0.3, -0.25) is 9.59 Å². The third-order valence-electron chi connectivity index (χ3n) is 13.7. The number of H-pyrrole nitrogens is 2. The van der Waals surface area contributed by atoms with Crippen molar-refractivity contribution in [3.05, 3.63) is 144 Å². The minimum atomic E-state index is -0.883. The molecule has 0 unspecified atom stereocenters. The summed E-state index contributed by atoms with van der Waals surface area (Å²) in [7, 11) is 2.59. The van der Waals surface area contributed by atoms with Crippen LogP contribution < -0.4 is 10.6 Å². The molecule has 4 aliphatic rings. The van der Waals surface area contributed by atoms with Crippen LogP contribution in [0, 0.1) is 10.8 Å². The number of imidazole rings is 2. The molecule has 2 saturated carbocycles. The summed E-state index contributed by atoms with van der Waals surface area (Å²) in [6.07, 6.45) is 8.18. The zero-order chi connectivity index (χ0) is 44.0. The number of carbonyl (C=O) groups excluding carboxylic acids is 4. The first-order valence-electron chi connectivity index (χ1n) is 21.8. The fourth-order valence-electron chi connectivity index (χ4n) is 9.68. The number of likely N-dealkylation sites (tertiary alicyclic amines) is 2. The molecule has 4 amide bonds. The van der Waals surface area contributed by atoms with E-state index in [-0.39, 0.29) is 34.7 Å². The van der Waals surface area contributed by atoms with Crippen LogP contribution in [-0.2, 0) is 19.1 Å². The largest absolute Gasteiger partial charge is 0.453 e. The summed E-state index contributed by atoms with van der Waals surface area (Å²) in [4.78, 5) is 73.6. The summed E-state index contributed by atoms with van der Waals surface area (Å²) in [6, 6.07) is 32.9. The Balaban J connectivity index is 0.828. The number of amides is 4. The number of carbonyl (C=O) groups is 4. The number of nitrogens with zero attached hydrogens (tertiary/aromatic N) is 4. The summed E-state index contributed by atoms with van der Waals surface area (Å²) < 4.78 is 9.77. The number of rotatable bonds is 11. The molecular formula is C50H50N8O6. The van der Waals surface area contributed by atoms with Crippen molar-refractivity contribution >= 4 is 24.0 Å². The number of aromatic amines is 2. The maximum absolute atomic E-state index is 14.2. The first-order valence-corrected chi connectivity index (χ1v) is 21.8. The van der Waals surface area contributed by atoms with E-state index in [1.165, 1.54) is 14.2 Å². The van der Waals surface area contributed by atoms with Gasteiger partial charge in [-0.15, -0.1) is 0 Å². The van der Waals surface area contributed by atoms with Gasteiger partial charge in [-0.2, -0.15) is 0 Å². The van der Waals surface area contributed by atoms with Gasteiger partial charge in [0.15, 0.2) is 0 Å². The predicted molar refractivity (Wildman–Crippen MR) is 238 cm³/mol. The molecule has 2 aliphatic heterocycles. The van der Waals surface area contributed by atoms with Gasteiger partial charge < -0.3 is 39.9 Å². The summed E-state index contributed by atoms with van der Waals surface area (Å²) in [5, 5.41) is 5.52. The normalized spacial score (nSPS) is 19.8. The Bertz CT molecular complexity index is 2490. The first-order chi connectivity index (χ1) is 31.1. The zero-order valence-electron chi connectivity index (χ0n) is 35.8. The van der Waals surface area contributed by atoms with E-state index in [0.717, 1.165) is 83.8 Å². The van der Waals surface area contributed by atoms with Crippen LogP contribution in [0.1, 0.15) is 85.5 Å². The van der Waals surface area contributed by atoms with Gasteiger partial charge in [-0.05, 0) is 82.7 Å². The molecule has 4 fully saturated rings. The van der Waals surface area contributed by atoms with Gasteiger partial charge in [0.25, 0.3) is 11.8 Å². The van der Waals surface area contributed by atoms with Crippen LogP contribution in [0.3, 0.4) is 0 Å². The van der Waals surface area contributed by atoms with Crippen molar-refractivity contribution in [1.82, 2.24) is 40.4 Å². The topological polar surface area (TPSA) is 175 Å². The highest BCUT2D eigenvalue weighted by Crippen LogP contribution is 2.59. The van der Waals surface area contributed by atoms with Gasteiger partial charge in [0.05, 0.1) is 50.1 Å². The maximum Gasteiger partial charge on any atom is 0.407 e. The summed E-state index contributed by atoms with van der Waals surface area (Å²) in [5.41, 5.74) is 7.29. The minimum absolute atomic E-state index is 0.0756. The molecule has 4 atom stereocenters. The second-order valence-corrected chi connectivity index (χ2v) is 17.9. The van der Waals surface area contributed by atoms with E-state index in [1.807, 2.05) is 82.9 Å². The van der Waals surface area contributed by atoms with Crippen molar-refractivity contribution in [3.63, 3.8) is 0 Å². The zero-order valence-corrected chi connectivity index (χ0v) is 35.8. The summed E-state index contributed by atoms with van der Waals surface area (Å²) >= 11 is 0. The SMILES string of the molecule is COC(=O)N[C@@H](C(=O)N1CC2(CC2)C[C@H]1c1ncc(-c2ccc(-c3ccc(-c4cnc([C@@H]5CC6(CC6)CN5C(=O)[C@H](NC(=O)OC)c5ccccc5)[nH]4)cc3)cc2)[nH]1)c1ccccc1. The highest BCUT2D eigenvalue weighted by atomic mass is 16.5. The second kappa shape index (κ2) is 16.5. The Hall–Kier alpha value is -7.22. The van der Waals surface area contributed by atoms with Crippen molar-refractivity contribution in [2.24, 2.45) is 10.8 Å². The fraction of sp³-hybridized carbons (Fsp3) is 0.320. The van der Waals surface area contributed by atoms with Crippen LogP contribution in [0.25, 0.3) is 33.6 Å². The van der Waals surface area contributed by atoms with Crippen molar-refractivity contribution < 1.29 is 28.7 Å². The smallest absolute Gasteiger partial charge is 0.407 e. The van der Waals surface area contributed by atoms with Crippen molar-refractivity contribution in [3.8, 4) is 33.6 Å². The third kappa shape index (κ3) is 7.99. The Morgan fingerprint density at radius 1 is 0.562 bits per heavy atom. The van der Waals surface area contributed by atoms with Crippen LogP contribution in [0.4, 0.5) is 9.59 Å². The van der Waals surface area contributed by atoms with Gasteiger partial charge in [0.1, 0.15) is 23.7 Å². The average Bonchev–Trinajstić information content (AvgIpc) is 3.91. The molecule has 4 heterocycles. The number of aromatic nitrogens is 4. The number of methoxy groups -OCH3 is 2. The van der Waals surface area contributed by atoms with E-state index in [0.29, 0.717) is 24.2 Å². The minimum Gasteiger partial charge on any atom is -0.453 e. The molecule has 326 valence electrons. The van der Waals surface area contributed by atoms with E-state index in [9.17, 15) is 19.2 Å². The lowest BCUT2D eigenvalue weighted by atomic mass is 10.0. The van der Waals surface area contributed by atoms with Crippen LogP contribution in [0.5, 0.6) is 0 Å². The van der Waals surface area contributed by atoms with E-state index in [4.69, 9.17) is 19.4 Å². The van der Waals surface area contributed by atoms with Crippen molar-refractivity contribution in [2.75, 3.05) is 27.3 Å². The number of ether oxygens (including phenoxy) is 2. The second-order valence-electron chi connectivity index (χ2n) is 17.9. The average molecular weight is 859 g/mol. The van der Waals surface area contributed by atoms with Gasteiger partial charge >= 0.3 is 12.2 Å². The molecule has 0 bridgehead atoms. The molecule has 10 rings (SSSR count). The maximum atomic E-state index is 14.2. The van der Waals surface area contributed by atoms with E-state index in [1.54, 1.807) is 0 Å². The molecule has 6 aromatic rings. The van der Waals surface area contributed by atoms with Crippen LogP contribution in [0.2, 0.25) is 0 Å². The molecule has 4 aromatic carbocycles. The standard InChI is InChI=1S/C50H50N8O6/c1-63-47(61)55-41(35-9-5-3-6-10-35)45(59)57-29-49(21-22-49)25-39(57)43-51-27-37(53-43)33-17-13-31(14-18-33)32-15-19-34(20-16-32)38-28-52-44(54-38)40-26-50(23-24-50)30-58(40)46(60)42(56-48(62)64-2)36-11-7-4-8-12-36/h3-20,27-28,39-42H,21-26,29-30H2,1-2H3,(H,51,53)(H,52,54)(H,55,61)(H,56,62)/t39-,40-,41+,42+/m0/s1. The number of benzene rings is 4. The quantitative estimate of drug-likeness (QED) is 0.100. The van der Waals surface area contributed by atoms with Gasteiger partial charge in [0.2, 0.25) is 0 Å². The number of alkyl carbamates (subject to hydrolysis) is 2. The van der Waals surface area contributed by atoms with E-state index in [2.05, 4.69) is 69.1 Å². The molecular weight excluding hydrogens is 809 g/mol. The Morgan fingerprint density at radius 2 is 0.922 bits per heavy atom. The molecule has 2 saturated heterocycles. The Kier molecular flexibility index (Phi) is 10.5. The highest BCUT2D eigenvalue weighted by Gasteiger charge is 2.56. The van der Waals surface area contributed by atoms with Crippen molar-refractivity contribution in [1.29, 1.82) is 0 Å². The number of hydrogen-bond acceptors (Lipinski definition) is 8. The lowest BCUT2D eigenvalue weighted by Crippen LogP contribution is -2.43. The van der Waals surface area contributed by atoms with Crippen LogP contribution in [-0.4, -0.2) is 81.0 Å². The highest BCUT2D eigenvalue weighted by molar-refractivity contribution is 5.88. The Labute approximate surface area is 370 Å². The summed E-state index contributed by atoms with van der Waals surface area (Å²) in [5.74, 6) is 1.08. The number of hydrogen-bond donors (Lipinski definition) is 4. The molecule has 2 aliphatic carbocycles. The number of nitrogens with one attached hydrogen (secondary N) is 4. The molecule has 14 heteroatoms. The molecule has 2 spiro atoms. The van der Waals surface area contributed by atoms with Crippen molar-refractivity contribution in [2.45, 2.75) is 62.7 Å².